The van der Waals surface area contributed by atoms with Crippen molar-refractivity contribution in [3.05, 3.63) is 90.5 Å². The van der Waals surface area contributed by atoms with Crippen molar-refractivity contribution in [2.24, 2.45) is 0 Å². The van der Waals surface area contributed by atoms with Crippen LogP contribution in [0.5, 0.6) is 0 Å². The van der Waals surface area contributed by atoms with Gasteiger partial charge in [-0.1, -0.05) is 30.3 Å². The number of carbonyl (C=O) groups excluding carboxylic acids is 1. The molecule has 0 unspecified atom stereocenters. The first kappa shape index (κ1) is 22.9. The fourth-order valence-corrected chi connectivity index (χ4v) is 5.58. The quantitative estimate of drug-likeness (QED) is 0.461. The number of aromatic nitrogens is 2. The lowest BCUT2D eigenvalue weighted by Gasteiger charge is -2.35. The van der Waals surface area contributed by atoms with E-state index < -0.39 is 10.0 Å². The number of sulfonamides is 1. The summed E-state index contributed by atoms with van der Waals surface area (Å²) in [6, 6.07) is 20.5. The van der Waals surface area contributed by atoms with Crippen LogP contribution in [0.1, 0.15) is 16.2 Å². The Kier molecular flexibility index (Phi) is 6.19. The van der Waals surface area contributed by atoms with Crippen molar-refractivity contribution in [3.63, 3.8) is 0 Å². The van der Waals surface area contributed by atoms with Gasteiger partial charge in [-0.25, -0.2) is 13.4 Å². The van der Waals surface area contributed by atoms with Crippen molar-refractivity contribution in [1.82, 2.24) is 14.3 Å². The van der Waals surface area contributed by atoms with Crippen LogP contribution in [-0.2, 0) is 10.0 Å². The Labute approximate surface area is 204 Å². The molecule has 0 radical (unpaired) electrons. The standard InChI is InChI=1S/C26H25N5O3S/c1-19-17-28-25(18-27-19)26(32)29-22-7-9-23(10-8-22)30-12-14-31(15-13-30)35(33,34)24-11-6-20-4-2-3-5-21(20)16-24/h2-11,16-18H,12-15H2,1H3,(H,29,32). The Morgan fingerprint density at radius 1 is 0.857 bits per heavy atom. The molecule has 3 aromatic carbocycles. The Morgan fingerprint density at radius 3 is 2.26 bits per heavy atom. The maximum Gasteiger partial charge on any atom is 0.275 e. The number of nitrogens with one attached hydrogen (secondary N) is 1. The van der Waals surface area contributed by atoms with Crippen molar-refractivity contribution < 1.29 is 13.2 Å². The summed E-state index contributed by atoms with van der Waals surface area (Å²) in [6.07, 6.45) is 3.00. The number of aryl methyl sites for hydroxylation is 1. The van der Waals surface area contributed by atoms with Crippen molar-refractivity contribution in [3.8, 4) is 0 Å². The minimum atomic E-state index is -3.56. The summed E-state index contributed by atoms with van der Waals surface area (Å²) in [4.78, 5) is 23.0. The summed E-state index contributed by atoms with van der Waals surface area (Å²) in [5.74, 6) is -0.322. The number of fused-ring (bicyclic) bond motifs is 1. The molecular formula is C26H25N5O3S. The van der Waals surface area contributed by atoms with Gasteiger partial charge in [0.2, 0.25) is 10.0 Å². The fourth-order valence-electron chi connectivity index (χ4n) is 4.12. The third kappa shape index (κ3) is 4.87. The molecule has 2 heterocycles. The second-order valence-electron chi connectivity index (χ2n) is 8.44. The predicted molar refractivity (Wildman–Crippen MR) is 136 cm³/mol. The highest BCUT2D eigenvalue weighted by atomic mass is 32.2. The molecular weight excluding hydrogens is 462 g/mol. The molecule has 1 aromatic heterocycles. The fraction of sp³-hybridized carbons (Fsp3) is 0.192. The molecule has 1 N–H and O–H groups in total. The number of amides is 1. The first-order valence-electron chi connectivity index (χ1n) is 11.3. The van der Waals surface area contributed by atoms with Gasteiger partial charge in [0.15, 0.2) is 0 Å². The highest BCUT2D eigenvalue weighted by Gasteiger charge is 2.28. The van der Waals surface area contributed by atoms with Crippen molar-refractivity contribution >= 4 is 38.1 Å². The number of benzene rings is 3. The normalized spacial score (nSPS) is 14.7. The lowest BCUT2D eigenvalue weighted by molar-refractivity contribution is 0.102. The zero-order chi connectivity index (χ0) is 24.4. The van der Waals surface area contributed by atoms with Crippen LogP contribution in [0.15, 0.2) is 84.0 Å². The second-order valence-corrected chi connectivity index (χ2v) is 10.4. The molecule has 178 valence electrons. The average Bonchev–Trinajstić information content (AvgIpc) is 2.89. The van der Waals surface area contributed by atoms with Crippen molar-refractivity contribution in [1.29, 1.82) is 0 Å². The molecule has 1 aliphatic heterocycles. The third-order valence-electron chi connectivity index (χ3n) is 6.10. The predicted octanol–water partition coefficient (Wildman–Crippen LogP) is 3.70. The second kappa shape index (κ2) is 9.44. The highest BCUT2D eigenvalue weighted by Crippen LogP contribution is 2.25. The Balaban J connectivity index is 1.22. The van der Waals surface area contributed by atoms with Gasteiger partial charge in [-0.3, -0.25) is 9.78 Å². The minimum absolute atomic E-state index is 0.253. The van der Waals surface area contributed by atoms with E-state index in [0.29, 0.717) is 36.8 Å². The molecule has 1 fully saturated rings. The molecule has 8 nitrogen and oxygen atoms in total. The van der Waals surface area contributed by atoms with Crippen LogP contribution in [0.3, 0.4) is 0 Å². The average molecular weight is 488 g/mol. The van der Waals surface area contributed by atoms with Crippen LogP contribution in [0.25, 0.3) is 10.8 Å². The van der Waals surface area contributed by atoms with E-state index in [1.54, 1.807) is 22.6 Å². The van der Waals surface area contributed by atoms with Crippen molar-refractivity contribution in [2.75, 3.05) is 36.4 Å². The molecule has 0 saturated carbocycles. The van der Waals surface area contributed by atoms with Crippen LogP contribution in [-0.4, -0.2) is 54.8 Å². The monoisotopic (exact) mass is 487 g/mol. The van der Waals surface area contributed by atoms with Gasteiger partial charge in [-0.2, -0.15) is 4.31 Å². The zero-order valence-corrected chi connectivity index (χ0v) is 20.1. The van der Waals surface area contributed by atoms with E-state index in [1.165, 1.54) is 6.20 Å². The van der Waals surface area contributed by atoms with Crippen LogP contribution < -0.4 is 10.2 Å². The van der Waals surface area contributed by atoms with Gasteiger partial charge >= 0.3 is 0 Å². The number of rotatable bonds is 5. The topological polar surface area (TPSA) is 95.5 Å². The van der Waals surface area contributed by atoms with Gasteiger partial charge < -0.3 is 10.2 Å². The first-order valence-corrected chi connectivity index (χ1v) is 12.8. The number of hydrogen-bond donors (Lipinski definition) is 1. The Bertz CT molecular complexity index is 1460. The number of carbonyl (C=O) groups is 1. The number of hydrogen-bond acceptors (Lipinski definition) is 6. The zero-order valence-electron chi connectivity index (χ0n) is 19.3. The molecule has 0 aliphatic carbocycles. The smallest absolute Gasteiger partial charge is 0.275 e. The van der Waals surface area contributed by atoms with Crippen LogP contribution in [0.2, 0.25) is 0 Å². The molecule has 35 heavy (non-hydrogen) atoms. The van der Waals surface area contributed by atoms with Crippen molar-refractivity contribution in [2.45, 2.75) is 11.8 Å². The summed E-state index contributed by atoms with van der Waals surface area (Å²) in [5, 5.41) is 4.75. The highest BCUT2D eigenvalue weighted by molar-refractivity contribution is 7.89. The molecule has 1 saturated heterocycles. The van der Waals surface area contributed by atoms with Gasteiger partial charge in [-0.15, -0.1) is 0 Å². The van der Waals surface area contributed by atoms with Gasteiger partial charge in [0.25, 0.3) is 5.91 Å². The van der Waals surface area contributed by atoms with E-state index in [0.717, 1.165) is 22.2 Å². The molecule has 4 aromatic rings. The lowest BCUT2D eigenvalue weighted by atomic mass is 10.1. The number of nitrogens with zero attached hydrogens (tertiary/aromatic N) is 4. The van der Waals surface area contributed by atoms with E-state index >= 15 is 0 Å². The molecule has 0 spiro atoms. The van der Waals surface area contributed by atoms with Crippen LogP contribution >= 0.6 is 0 Å². The summed E-state index contributed by atoms with van der Waals surface area (Å²) >= 11 is 0. The Morgan fingerprint density at radius 2 is 1.57 bits per heavy atom. The maximum atomic E-state index is 13.2. The molecule has 1 amide bonds. The third-order valence-corrected chi connectivity index (χ3v) is 8.00. The van der Waals surface area contributed by atoms with E-state index in [2.05, 4.69) is 20.2 Å². The van der Waals surface area contributed by atoms with E-state index in [-0.39, 0.29) is 11.6 Å². The lowest BCUT2D eigenvalue weighted by Crippen LogP contribution is -2.48. The molecule has 5 rings (SSSR count). The van der Waals surface area contributed by atoms with Gasteiger partial charge in [-0.05, 0) is 54.1 Å². The number of piperazine rings is 1. The van der Waals surface area contributed by atoms with Crippen LogP contribution in [0.4, 0.5) is 11.4 Å². The SMILES string of the molecule is Cc1cnc(C(=O)Nc2ccc(N3CCN(S(=O)(=O)c4ccc5ccccc5c4)CC3)cc2)cn1. The van der Waals surface area contributed by atoms with Crippen LogP contribution in [0, 0.1) is 6.92 Å². The maximum absolute atomic E-state index is 13.2. The van der Waals surface area contributed by atoms with Gasteiger partial charge in [0, 0.05) is 43.8 Å². The molecule has 0 atom stereocenters. The summed E-state index contributed by atoms with van der Waals surface area (Å²) in [6.45, 7) is 3.78. The van der Waals surface area contributed by atoms with Gasteiger partial charge in [0.1, 0.15) is 5.69 Å². The summed E-state index contributed by atoms with van der Waals surface area (Å²) in [5.41, 5.74) is 2.62. The van der Waals surface area contributed by atoms with E-state index in [1.807, 2.05) is 61.5 Å². The molecule has 9 heteroatoms. The largest absolute Gasteiger partial charge is 0.369 e. The minimum Gasteiger partial charge on any atom is -0.369 e. The van der Waals surface area contributed by atoms with E-state index in [9.17, 15) is 13.2 Å². The Hall–Kier alpha value is -3.82. The molecule has 0 bridgehead atoms. The molecule has 1 aliphatic rings. The summed E-state index contributed by atoms with van der Waals surface area (Å²) < 4.78 is 28.0. The summed E-state index contributed by atoms with van der Waals surface area (Å²) in [7, 11) is -3.56. The number of anilines is 2. The van der Waals surface area contributed by atoms with Gasteiger partial charge in [0.05, 0.1) is 16.8 Å². The van der Waals surface area contributed by atoms with E-state index in [4.69, 9.17) is 0 Å². The first-order chi connectivity index (χ1) is 16.9.